The summed E-state index contributed by atoms with van der Waals surface area (Å²) in [6.45, 7) is 6.83. The van der Waals surface area contributed by atoms with Crippen LogP contribution in [0.4, 0.5) is 9.59 Å². The van der Waals surface area contributed by atoms with Crippen molar-refractivity contribution in [1.29, 1.82) is 0 Å². The fourth-order valence-electron chi connectivity index (χ4n) is 4.37. The normalized spacial score (nSPS) is 12.0. The lowest BCUT2D eigenvalue weighted by Gasteiger charge is -2.23. The van der Waals surface area contributed by atoms with Crippen molar-refractivity contribution in [2.45, 2.75) is 65.8 Å². The largest absolute Gasteiger partial charge is 0.449 e. The standard InChI is InChI=1S/C36H41ClN2O10/c1-23(2)31(38-35(43)45-20-26-11-7-5-8-12-26)33(41)48-28-17-15-25(16-18-30(40)47-22-37)19-29(28)49-34(42)32(24(3)4)39-36(44)46-21-27-13-9-6-10-14-27/h5-15,17,19,23-24,31-32H,16,18,20-22H2,1-4H3,(H,38,43)(H,39,44)/t31-,32-/m0/s1. The topological polar surface area (TPSA) is 156 Å². The van der Waals surface area contributed by atoms with Crippen LogP contribution in [0.25, 0.3) is 0 Å². The van der Waals surface area contributed by atoms with Crippen LogP contribution < -0.4 is 20.1 Å². The number of alkyl carbamates (subject to hydrolysis) is 2. The van der Waals surface area contributed by atoms with E-state index in [0.29, 0.717) is 5.56 Å². The number of rotatable bonds is 16. The summed E-state index contributed by atoms with van der Waals surface area (Å²) in [7, 11) is 0. The molecular formula is C36H41ClN2O10. The van der Waals surface area contributed by atoms with Crippen LogP contribution >= 0.6 is 11.6 Å². The van der Waals surface area contributed by atoms with E-state index in [1.54, 1.807) is 70.2 Å². The Morgan fingerprint density at radius 3 is 1.53 bits per heavy atom. The van der Waals surface area contributed by atoms with E-state index in [9.17, 15) is 24.0 Å². The van der Waals surface area contributed by atoms with Gasteiger partial charge in [-0.2, -0.15) is 0 Å². The molecule has 2 atom stereocenters. The minimum Gasteiger partial charge on any atom is -0.449 e. The van der Waals surface area contributed by atoms with Gasteiger partial charge in [0.25, 0.3) is 0 Å². The molecule has 3 rings (SSSR count). The van der Waals surface area contributed by atoms with Gasteiger partial charge >= 0.3 is 30.1 Å². The minimum absolute atomic E-state index is 0.00259. The number of hydrogen-bond donors (Lipinski definition) is 2. The van der Waals surface area contributed by atoms with Crippen molar-refractivity contribution >= 4 is 41.7 Å². The van der Waals surface area contributed by atoms with E-state index >= 15 is 0 Å². The molecule has 0 fully saturated rings. The lowest BCUT2D eigenvalue weighted by molar-refractivity contribution is -0.141. The van der Waals surface area contributed by atoms with Gasteiger partial charge in [0.05, 0.1) is 0 Å². The van der Waals surface area contributed by atoms with Crippen LogP contribution in [-0.4, -0.2) is 48.2 Å². The summed E-state index contributed by atoms with van der Waals surface area (Å²) >= 11 is 5.47. The molecule has 49 heavy (non-hydrogen) atoms. The van der Waals surface area contributed by atoms with E-state index in [2.05, 4.69) is 10.6 Å². The summed E-state index contributed by atoms with van der Waals surface area (Å²) in [5.41, 5.74) is 2.08. The Kier molecular flexibility index (Phi) is 15.4. The fraction of sp³-hybridized carbons (Fsp3) is 0.361. The number of benzene rings is 3. The molecule has 2 amide bonds. The number of halogens is 1. The molecule has 3 aromatic carbocycles. The van der Waals surface area contributed by atoms with Gasteiger partial charge in [0.1, 0.15) is 25.3 Å². The molecule has 0 saturated heterocycles. The molecule has 13 heteroatoms. The zero-order valence-electron chi connectivity index (χ0n) is 27.8. The summed E-state index contributed by atoms with van der Waals surface area (Å²) in [6, 6.07) is 19.9. The molecule has 0 radical (unpaired) electrons. The Labute approximate surface area is 290 Å². The number of alkyl halides is 1. The van der Waals surface area contributed by atoms with E-state index < -0.39 is 54.0 Å². The summed E-state index contributed by atoms with van der Waals surface area (Å²) in [6.07, 6.45) is -1.49. The van der Waals surface area contributed by atoms with Crippen molar-refractivity contribution in [3.05, 3.63) is 95.6 Å². The SMILES string of the molecule is CC(C)[C@H](NC(=O)OCc1ccccc1)C(=O)Oc1ccc(CCC(=O)OCCl)cc1OC(=O)[C@@H](NC(=O)OCc1ccccc1)C(C)C. The highest BCUT2D eigenvalue weighted by molar-refractivity contribution is 6.17. The Hall–Kier alpha value is -5.10. The first-order chi connectivity index (χ1) is 23.5. The zero-order chi connectivity index (χ0) is 35.8. The molecule has 0 unspecified atom stereocenters. The Morgan fingerprint density at radius 2 is 1.08 bits per heavy atom. The van der Waals surface area contributed by atoms with Crippen LogP contribution in [0.1, 0.15) is 50.8 Å². The molecule has 0 heterocycles. The maximum Gasteiger partial charge on any atom is 0.408 e. The van der Waals surface area contributed by atoms with Gasteiger partial charge in [-0.25, -0.2) is 19.2 Å². The van der Waals surface area contributed by atoms with Crippen LogP contribution in [0.2, 0.25) is 0 Å². The minimum atomic E-state index is -1.14. The van der Waals surface area contributed by atoms with Crippen LogP contribution in [0.5, 0.6) is 11.5 Å². The van der Waals surface area contributed by atoms with E-state index in [0.717, 1.165) is 11.1 Å². The lowest BCUT2D eigenvalue weighted by Crippen LogP contribution is -2.47. The highest BCUT2D eigenvalue weighted by Crippen LogP contribution is 2.31. The predicted octanol–water partition coefficient (Wildman–Crippen LogP) is 6.07. The molecule has 12 nitrogen and oxygen atoms in total. The number of hydrogen-bond acceptors (Lipinski definition) is 10. The molecule has 0 aliphatic rings. The highest BCUT2D eigenvalue weighted by Gasteiger charge is 2.31. The molecule has 0 spiro atoms. The molecule has 2 N–H and O–H groups in total. The first-order valence-electron chi connectivity index (χ1n) is 15.7. The number of nitrogens with one attached hydrogen (secondary N) is 2. The maximum atomic E-state index is 13.4. The van der Waals surface area contributed by atoms with Gasteiger partial charge in [0.15, 0.2) is 17.6 Å². The van der Waals surface area contributed by atoms with Crippen molar-refractivity contribution in [2.24, 2.45) is 11.8 Å². The first kappa shape index (κ1) is 38.3. The third kappa shape index (κ3) is 13.1. The molecular weight excluding hydrogens is 656 g/mol. The number of amides is 2. The van der Waals surface area contributed by atoms with Crippen LogP contribution in [0.15, 0.2) is 78.9 Å². The van der Waals surface area contributed by atoms with Crippen molar-refractivity contribution in [3.63, 3.8) is 0 Å². The van der Waals surface area contributed by atoms with Gasteiger partial charge in [-0.1, -0.05) is 106 Å². The summed E-state index contributed by atoms with van der Waals surface area (Å²) in [5, 5.41) is 5.07. The summed E-state index contributed by atoms with van der Waals surface area (Å²) in [5.74, 6) is -3.35. The highest BCUT2D eigenvalue weighted by atomic mass is 35.5. The predicted molar refractivity (Wildman–Crippen MR) is 180 cm³/mol. The second-order valence-corrected chi connectivity index (χ2v) is 11.8. The molecule has 0 aliphatic carbocycles. The number of carbonyl (C=O) groups is 5. The van der Waals surface area contributed by atoms with E-state index in [4.69, 9.17) is 35.3 Å². The van der Waals surface area contributed by atoms with Crippen molar-refractivity contribution in [3.8, 4) is 11.5 Å². The van der Waals surface area contributed by atoms with Crippen molar-refractivity contribution < 1.29 is 47.7 Å². The molecule has 262 valence electrons. The average Bonchev–Trinajstić information content (AvgIpc) is 3.08. The van der Waals surface area contributed by atoms with Gasteiger partial charge in [-0.3, -0.25) is 4.79 Å². The zero-order valence-corrected chi connectivity index (χ0v) is 28.6. The summed E-state index contributed by atoms with van der Waals surface area (Å²) in [4.78, 5) is 63.9. The van der Waals surface area contributed by atoms with Gasteiger partial charge in [0.2, 0.25) is 0 Å². The maximum absolute atomic E-state index is 13.4. The monoisotopic (exact) mass is 696 g/mol. The van der Waals surface area contributed by atoms with E-state index in [1.807, 2.05) is 24.3 Å². The number of ether oxygens (including phenoxy) is 5. The third-order valence-electron chi connectivity index (χ3n) is 7.08. The average molecular weight is 697 g/mol. The molecule has 3 aromatic rings. The van der Waals surface area contributed by atoms with Crippen molar-refractivity contribution in [1.82, 2.24) is 10.6 Å². The van der Waals surface area contributed by atoms with Gasteiger partial charge < -0.3 is 34.3 Å². The van der Waals surface area contributed by atoms with Crippen molar-refractivity contribution in [2.75, 3.05) is 6.07 Å². The number of esters is 3. The second-order valence-electron chi connectivity index (χ2n) is 11.6. The molecule has 0 aromatic heterocycles. The molecule has 0 aliphatic heterocycles. The number of aryl methyl sites for hydroxylation is 1. The second kappa shape index (κ2) is 19.7. The number of carbonyl (C=O) groups excluding carboxylic acids is 5. The Bertz CT molecular complexity index is 1550. The smallest absolute Gasteiger partial charge is 0.408 e. The van der Waals surface area contributed by atoms with E-state index in [-0.39, 0.29) is 43.6 Å². The Morgan fingerprint density at radius 1 is 0.612 bits per heavy atom. The first-order valence-corrected chi connectivity index (χ1v) is 16.2. The van der Waals surface area contributed by atoms with Crippen LogP contribution in [-0.2, 0) is 48.2 Å². The van der Waals surface area contributed by atoms with Gasteiger partial charge in [-0.05, 0) is 47.1 Å². The van der Waals surface area contributed by atoms with Crippen LogP contribution in [0, 0.1) is 11.8 Å². The third-order valence-corrected chi connectivity index (χ3v) is 7.19. The van der Waals surface area contributed by atoms with Gasteiger partial charge in [-0.15, -0.1) is 0 Å². The lowest BCUT2D eigenvalue weighted by atomic mass is 10.0. The molecule has 0 saturated carbocycles. The fourth-order valence-corrected chi connectivity index (χ4v) is 4.50. The quantitative estimate of drug-likeness (QED) is 0.0780. The van der Waals surface area contributed by atoms with Crippen LogP contribution in [0.3, 0.4) is 0 Å². The summed E-state index contributed by atoms with van der Waals surface area (Å²) < 4.78 is 26.7. The van der Waals surface area contributed by atoms with Gasteiger partial charge in [0, 0.05) is 6.42 Å². The molecule has 0 bridgehead atoms. The van der Waals surface area contributed by atoms with E-state index in [1.165, 1.54) is 12.1 Å². The Balaban J connectivity index is 1.76.